The van der Waals surface area contributed by atoms with Crippen LogP contribution in [0.25, 0.3) is 0 Å². The summed E-state index contributed by atoms with van der Waals surface area (Å²) in [4.78, 5) is 11.4. The smallest absolute Gasteiger partial charge is 0.335 e. The van der Waals surface area contributed by atoms with E-state index < -0.39 is 42.3 Å². The third-order valence-corrected chi connectivity index (χ3v) is 11.7. The maximum Gasteiger partial charge on any atom is 0.335 e. The zero-order valence-corrected chi connectivity index (χ0v) is 21.5. The highest BCUT2D eigenvalue weighted by Gasteiger charge is 2.64. The second-order valence-electron chi connectivity index (χ2n) is 13.2. The minimum absolute atomic E-state index is 0.00746. The molecule has 5 fully saturated rings. The quantitative estimate of drug-likeness (QED) is 0.376. The molecule has 0 spiro atoms. The van der Waals surface area contributed by atoms with Crippen molar-refractivity contribution in [2.45, 2.75) is 121 Å². The van der Waals surface area contributed by atoms with Gasteiger partial charge in [0.05, 0.1) is 11.7 Å². The van der Waals surface area contributed by atoms with Gasteiger partial charge in [-0.05, 0) is 98.7 Å². The molecule has 0 aromatic carbocycles. The summed E-state index contributed by atoms with van der Waals surface area (Å²) >= 11 is 0. The molecule has 8 heteroatoms. The van der Waals surface area contributed by atoms with Crippen molar-refractivity contribution in [1.82, 2.24) is 0 Å². The number of fused-ring (bicyclic) bond motifs is 5. The van der Waals surface area contributed by atoms with E-state index in [1.54, 1.807) is 0 Å². The molecule has 0 aromatic rings. The molecule has 0 aromatic heterocycles. The summed E-state index contributed by atoms with van der Waals surface area (Å²) in [7, 11) is 0. The zero-order chi connectivity index (χ0) is 25.5. The third-order valence-electron chi connectivity index (χ3n) is 11.7. The average molecular weight is 497 g/mol. The van der Waals surface area contributed by atoms with Crippen LogP contribution in [0.5, 0.6) is 0 Å². The van der Waals surface area contributed by atoms with Crippen LogP contribution in [-0.4, -0.2) is 73.9 Å². The second-order valence-corrected chi connectivity index (χ2v) is 13.2. The normalized spacial score (nSPS) is 58.2. The molecular formula is C27H44O8. The molecule has 1 heterocycles. The third kappa shape index (κ3) is 3.81. The van der Waals surface area contributed by atoms with E-state index >= 15 is 0 Å². The SMILES string of the molecule is CC1C[C@@H]2C[C@H](O[C@@H]3OC(C(=O)O)[C@@H](O)[C@@H](O)C3O)CC[C@]2(C)C2CC[C@@]3(C)C(CC[C@]3(C)O)C12. The maximum atomic E-state index is 11.4. The van der Waals surface area contributed by atoms with Crippen molar-refractivity contribution >= 4 is 5.97 Å². The van der Waals surface area contributed by atoms with Crippen LogP contribution < -0.4 is 0 Å². The van der Waals surface area contributed by atoms with E-state index in [0.717, 1.165) is 51.4 Å². The summed E-state index contributed by atoms with van der Waals surface area (Å²) in [5, 5.41) is 51.0. The lowest BCUT2D eigenvalue weighted by atomic mass is 9.42. The van der Waals surface area contributed by atoms with Gasteiger partial charge in [-0.1, -0.05) is 20.8 Å². The van der Waals surface area contributed by atoms with Crippen molar-refractivity contribution in [2.24, 2.45) is 40.4 Å². The Balaban J connectivity index is 1.30. The van der Waals surface area contributed by atoms with Gasteiger partial charge in [-0.2, -0.15) is 0 Å². The highest BCUT2D eigenvalue weighted by molar-refractivity contribution is 5.73. The van der Waals surface area contributed by atoms with E-state index in [4.69, 9.17) is 9.47 Å². The summed E-state index contributed by atoms with van der Waals surface area (Å²) in [5.74, 6) is 1.42. The summed E-state index contributed by atoms with van der Waals surface area (Å²) in [6.07, 6.45) is -0.0719. The van der Waals surface area contributed by atoms with Crippen LogP contribution in [0.4, 0.5) is 0 Å². The number of ether oxygens (including phenoxy) is 2. The molecule has 14 atom stereocenters. The number of hydrogen-bond donors (Lipinski definition) is 5. The first-order valence-corrected chi connectivity index (χ1v) is 13.6. The van der Waals surface area contributed by atoms with Gasteiger partial charge in [-0.25, -0.2) is 4.79 Å². The Morgan fingerprint density at radius 1 is 0.914 bits per heavy atom. The molecule has 6 unspecified atom stereocenters. The number of carboxylic acids is 1. The number of aliphatic hydroxyl groups excluding tert-OH is 3. The molecule has 0 radical (unpaired) electrons. The summed E-state index contributed by atoms with van der Waals surface area (Å²) in [6, 6.07) is 0. The van der Waals surface area contributed by atoms with Crippen LogP contribution in [0, 0.1) is 40.4 Å². The van der Waals surface area contributed by atoms with Crippen molar-refractivity contribution < 1.29 is 39.8 Å². The van der Waals surface area contributed by atoms with E-state index in [1.165, 1.54) is 0 Å². The summed E-state index contributed by atoms with van der Waals surface area (Å²) < 4.78 is 11.5. The molecule has 8 nitrogen and oxygen atoms in total. The van der Waals surface area contributed by atoms with E-state index in [-0.39, 0.29) is 16.9 Å². The first-order chi connectivity index (χ1) is 16.3. The van der Waals surface area contributed by atoms with Crippen LogP contribution in [0.1, 0.15) is 79.1 Å². The van der Waals surface area contributed by atoms with Crippen molar-refractivity contribution in [2.75, 3.05) is 0 Å². The van der Waals surface area contributed by atoms with Gasteiger partial charge >= 0.3 is 5.97 Å². The monoisotopic (exact) mass is 496 g/mol. The minimum atomic E-state index is -1.71. The maximum absolute atomic E-state index is 11.4. The molecule has 5 rings (SSSR count). The standard InChI is InChI=1S/C27H44O8/c1-13-11-14-12-15(34-24-21(30)19(28)20(29)22(35-24)23(31)32)5-8-25(14,2)16-6-9-26(3)17(18(13)16)7-10-27(26,4)33/h13-22,24,28-30,33H,5-12H2,1-4H3,(H,31,32)/t13?,14-,15-,16?,17?,18?,19-,20+,21?,22?,24-,25+,26+,27+/m1/s1. The van der Waals surface area contributed by atoms with Gasteiger partial charge in [0.1, 0.15) is 18.3 Å². The predicted octanol–water partition coefficient (Wildman–Crippen LogP) is 2.30. The number of rotatable bonds is 3. The van der Waals surface area contributed by atoms with Gasteiger partial charge in [-0.15, -0.1) is 0 Å². The Kier molecular flexibility index (Phi) is 6.38. The van der Waals surface area contributed by atoms with E-state index in [1.807, 2.05) is 6.92 Å². The Morgan fingerprint density at radius 2 is 1.60 bits per heavy atom. The van der Waals surface area contributed by atoms with Crippen molar-refractivity contribution in [3.05, 3.63) is 0 Å². The zero-order valence-electron chi connectivity index (χ0n) is 21.5. The first kappa shape index (κ1) is 25.9. The fraction of sp³-hybridized carbons (Fsp3) is 0.963. The van der Waals surface area contributed by atoms with Gasteiger partial charge in [0.25, 0.3) is 0 Å². The van der Waals surface area contributed by atoms with Crippen LogP contribution in [-0.2, 0) is 14.3 Å². The van der Waals surface area contributed by atoms with Gasteiger partial charge in [0.2, 0.25) is 0 Å². The molecule has 4 aliphatic carbocycles. The van der Waals surface area contributed by atoms with Crippen LogP contribution in [0.15, 0.2) is 0 Å². The lowest BCUT2D eigenvalue weighted by Crippen LogP contribution is -2.61. The molecule has 0 bridgehead atoms. The van der Waals surface area contributed by atoms with E-state index in [2.05, 4.69) is 20.8 Å². The Morgan fingerprint density at radius 3 is 2.29 bits per heavy atom. The topological polar surface area (TPSA) is 137 Å². The molecular weight excluding hydrogens is 452 g/mol. The van der Waals surface area contributed by atoms with Gasteiger partial charge in [-0.3, -0.25) is 0 Å². The van der Waals surface area contributed by atoms with E-state index in [9.17, 15) is 30.3 Å². The molecule has 200 valence electrons. The average Bonchev–Trinajstić information content (AvgIpc) is 3.04. The molecule has 4 saturated carbocycles. The molecule has 5 N–H and O–H groups in total. The Labute approximate surface area is 208 Å². The number of hydrogen-bond acceptors (Lipinski definition) is 7. The molecule has 0 amide bonds. The number of aliphatic hydroxyl groups is 4. The Bertz CT molecular complexity index is 832. The molecule has 1 saturated heterocycles. The lowest BCUT2D eigenvalue weighted by molar-refractivity contribution is -0.310. The highest BCUT2D eigenvalue weighted by atomic mass is 16.7. The first-order valence-electron chi connectivity index (χ1n) is 13.6. The lowest BCUT2D eigenvalue weighted by Gasteiger charge is -2.63. The predicted molar refractivity (Wildman–Crippen MR) is 126 cm³/mol. The van der Waals surface area contributed by atoms with Crippen LogP contribution in [0.3, 0.4) is 0 Å². The molecule has 5 aliphatic rings. The van der Waals surface area contributed by atoms with Crippen molar-refractivity contribution in [3.8, 4) is 0 Å². The van der Waals surface area contributed by atoms with Crippen LogP contribution >= 0.6 is 0 Å². The fourth-order valence-corrected chi connectivity index (χ4v) is 9.32. The highest BCUT2D eigenvalue weighted by Crippen LogP contribution is 2.69. The summed E-state index contributed by atoms with van der Waals surface area (Å²) in [6.45, 7) is 9.18. The van der Waals surface area contributed by atoms with E-state index in [0.29, 0.717) is 29.6 Å². The van der Waals surface area contributed by atoms with Gasteiger partial charge in [0, 0.05) is 0 Å². The minimum Gasteiger partial charge on any atom is -0.479 e. The van der Waals surface area contributed by atoms with Crippen molar-refractivity contribution in [1.29, 1.82) is 0 Å². The summed E-state index contributed by atoms with van der Waals surface area (Å²) in [5.41, 5.74) is -0.400. The van der Waals surface area contributed by atoms with Gasteiger partial charge in [0.15, 0.2) is 12.4 Å². The number of carboxylic acid groups (broad SMARTS) is 1. The molecule has 1 aliphatic heterocycles. The second kappa shape index (κ2) is 8.63. The van der Waals surface area contributed by atoms with Gasteiger partial charge < -0.3 is 35.0 Å². The number of aliphatic carboxylic acids is 1. The Hall–Kier alpha value is -0.770. The fourth-order valence-electron chi connectivity index (χ4n) is 9.32. The number of carbonyl (C=O) groups is 1. The van der Waals surface area contributed by atoms with Crippen molar-refractivity contribution in [3.63, 3.8) is 0 Å². The molecule has 35 heavy (non-hydrogen) atoms. The largest absolute Gasteiger partial charge is 0.479 e. The van der Waals surface area contributed by atoms with Crippen LogP contribution in [0.2, 0.25) is 0 Å².